The molecule has 0 spiro atoms. The fourth-order valence-corrected chi connectivity index (χ4v) is 5.23. The van der Waals surface area contributed by atoms with E-state index in [-0.39, 0.29) is 16.9 Å². The van der Waals surface area contributed by atoms with Crippen molar-refractivity contribution in [2.24, 2.45) is 5.73 Å². The summed E-state index contributed by atoms with van der Waals surface area (Å²) in [4.78, 5) is 34.2. The van der Waals surface area contributed by atoms with Crippen LogP contribution < -0.4 is 16.6 Å². The molecule has 1 amide bonds. The summed E-state index contributed by atoms with van der Waals surface area (Å²) < 4.78 is 7.38. The van der Waals surface area contributed by atoms with Gasteiger partial charge in [-0.05, 0) is 67.8 Å². The van der Waals surface area contributed by atoms with Crippen molar-refractivity contribution in [3.63, 3.8) is 0 Å². The molecule has 4 N–H and O–H groups in total. The predicted octanol–water partition coefficient (Wildman–Crippen LogP) is 3.87. The summed E-state index contributed by atoms with van der Waals surface area (Å²) in [7, 11) is 0. The molecule has 0 atom stereocenters. The normalized spacial score (nSPS) is 14.4. The molecule has 4 heterocycles. The molecule has 1 fully saturated rings. The van der Waals surface area contributed by atoms with Gasteiger partial charge in [0.15, 0.2) is 0 Å². The van der Waals surface area contributed by atoms with Gasteiger partial charge in [0, 0.05) is 60.1 Å². The number of carbonyl (C=O) groups excluding carboxylic acids is 1. The lowest BCUT2D eigenvalue weighted by molar-refractivity contribution is 0.0364. The molecular weight excluding hydrogens is 530 g/mol. The number of fused-ring (bicyclic) bond motifs is 1. The topological polar surface area (TPSA) is 131 Å². The molecule has 3 aromatic heterocycles. The van der Waals surface area contributed by atoms with E-state index in [0.717, 1.165) is 65.9 Å². The van der Waals surface area contributed by atoms with Crippen LogP contribution in [0.25, 0.3) is 22.0 Å². The maximum atomic E-state index is 14.2. The summed E-state index contributed by atoms with van der Waals surface area (Å²) in [6.07, 6.45) is 3.45. The van der Waals surface area contributed by atoms with Crippen LogP contribution in [0, 0.1) is 6.92 Å². The van der Waals surface area contributed by atoms with E-state index < -0.39 is 0 Å². The average Bonchev–Trinajstić information content (AvgIpc) is 3.49. The summed E-state index contributed by atoms with van der Waals surface area (Å²) in [6.45, 7) is 13.1. The van der Waals surface area contributed by atoms with Crippen molar-refractivity contribution in [1.82, 2.24) is 24.6 Å². The molecule has 5 rings (SSSR count). The Morgan fingerprint density at radius 1 is 1.10 bits per heavy atom. The number of H-pyrrole nitrogens is 1. The standard InChI is InChI=1S/C32H41N7O3/c1-21-7-8-24(35-30(40)27-19-29(37-36-27)32(2,3)4)17-25(21)26-16-22-20-34-23(6-5-9-33)18-28(22)39(31(26)41)11-10-38-12-14-42-15-13-38/h7-8,16-20H,5-6,9-15,33H2,1-4H3,(H,35,40)(H,36,37). The number of carbonyl (C=O) groups is 1. The molecule has 0 radical (unpaired) electrons. The highest BCUT2D eigenvalue weighted by Crippen LogP contribution is 2.28. The van der Waals surface area contributed by atoms with E-state index >= 15 is 0 Å². The van der Waals surface area contributed by atoms with E-state index in [1.165, 1.54) is 0 Å². The highest BCUT2D eigenvalue weighted by atomic mass is 16.5. The number of morpholine rings is 1. The third kappa shape index (κ3) is 6.61. The third-order valence-corrected chi connectivity index (χ3v) is 7.79. The van der Waals surface area contributed by atoms with Crippen LogP contribution >= 0.6 is 0 Å². The second-order valence-corrected chi connectivity index (χ2v) is 12.0. The van der Waals surface area contributed by atoms with Crippen LogP contribution in [-0.4, -0.2) is 69.9 Å². The van der Waals surface area contributed by atoms with E-state index in [4.69, 9.17) is 10.5 Å². The lowest BCUT2D eigenvalue weighted by atomic mass is 9.92. The zero-order valence-corrected chi connectivity index (χ0v) is 25.0. The Balaban J connectivity index is 1.51. The molecule has 0 bridgehead atoms. The Hall–Kier alpha value is -3.86. The van der Waals surface area contributed by atoms with Crippen molar-refractivity contribution >= 4 is 22.5 Å². The van der Waals surface area contributed by atoms with Crippen LogP contribution in [0.4, 0.5) is 5.69 Å². The van der Waals surface area contributed by atoms with Crippen LogP contribution in [0.1, 0.15) is 54.6 Å². The third-order valence-electron chi connectivity index (χ3n) is 7.79. The molecule has 1 saturated heterocycles. The van der Waals surface area contributed by atoms with Crippen molar-refractivity contribution in [1.29, 1.82) is 0 Å². The number of nitrogens with zero attached hydrogens (tertiary/aromatic N) is 4. The largest absolute Gasteiger partial charge is 0.379 e. The molecular formula is C32H41N7O3. The Morgan fingerprint density at radius 3 is 2.60 bits per heavy atom. The smallest absolute Gasteiger partial charge is 0.273 e. The van der Waals surface area contributed by atoms with E-state index in [0.29, 0.717) is 43.2 Å². The molecule has 0 unspecified atom stereocenters. The van der Waals surface area contributed by atoms with E-state index in [1.54, 1.807) is 6.07 Å². The zero-order chi connectivity index (χ0) is 29.9. The first-order valence-corrected chi connectivity index (χ1v) is 14.6. The summed E-state index contributed by atoms with van der Waals surface area (Å²) in [5.41, 5.74) is 11.4. The first kappa shape index (κ1) is 29.6. The van der Waals surface area contributed by atoms with Gasteiger partial charge < -0.3 is 20.4 Å². The van der Waals surface area contributed by atoms with Gasteiger partial charge >= 0.3 is 0 Å². The number of amides is 1. The average molecular weight is 572 g/mol. The minimum absolute atomic E-state index is 0.0679. The summed E-state index contributed by atoms with van der Waals surface area (Å²) in [5.74, 6) is -0.288. The number of rotatable bonds is 9. The minimum Gasteiger partial charge on any atom is -0.379 e. The SMILES string of the molecule is Cc1ccc(NC(=O)c2cc(C(C)(C)C)n[nH]2)cc1-c1cc2cnc(CCCN)cc2n(CCN2CCOCC2)c1=O. The molecule has 0 aliphatic carbocycles. The number of aryl methyl sites for hydroxylation is 2. The molecule has 10 heteroatoms. The van der Waals surface area contributed by atoms with Gasteiger partial charge in [-0.2, -0.15) is 5.10 Å². The van der Waals surface area contributed by atoms with Crippen LogP contribution in [0.15, 0.2) is 47.4 Å². The van der Waals surface area contributed by atoms with Gasteiger partial charge in [0.05, 0.1) is 24.4 Å². The first-order valence-electron chi connectivity index (χ1n) is 14.6. The van der Waals surface area contributed by atoms with E-state index in [9.17, 15) is 9.59 Å². The second-order valence-electron chi connectivity index (χ2n) is 12.0. The predicted molar refractivity (Wildman–Crippen MR) is 166 cm³/mol. The van der Waals surface area contributed by atoms with Crippen molar-refractivity contribution in [2.45, 2.75) is 52.5 Å². The number of ether oxygens (including phenoxy) is 1. The van der Waals surface area contributed by atoms with Crippen LogP contribution in [0.5, 0.6) is 0 Å². The lowest BCUT2D eigenvalue weighted by Gasteiger charge is -2.27. The van der Waals surface area contributed by atoms with Gasteiger partial charge in [-0.15, -0.1) is 0 Å². The number of aromatic nitrogens is 4. The monoisotopic (exact) mass is 571 g/mol. The van der Waals surface area contributed by atoms with Gasteiger partial charge in [0.25, 0.3) is 11.5 Å². The molecule has 42 heavy (non-hydrogen) atoms. The zero-order valence-electron chi connectivity index (χ0n) is 25.0. The van der Waals surface area contributed by atoms with Crippen molar-refractivity contribution in [3.8, 4) is 11.1 Å². The quantitative estimate of drug-likeness (QED) is 0.278. The van der Waals surface area contributed by atoms with Gasteiger partial charge in [0.2, 0.25) is 0 Å². The van der Waals surface area contributed by atoms with Gasteiger partial charge in [-0.25, -0.2) is 0 Å². The fraction of sp³-hybridized carbons (Fsp3) is 0.438. The molecule has 1 aliphatic heterocycles. The Bertz CT molecular complexity index is 1630. The Labute approximate surface area is 246 Å². The van der Waals surface area contributed by atoms with E-state index in [1.807, 2.05) is 68.8 Å². The molecule has 4 aromatic rings. The minimum atomic E-state index is -0.288. The van der Waals surface area contributed by atoms with Gasteiger partial charge in [0.1, 0.15) is 5.69 Å². The molecule has 1 aliphatic rings. The molecule has 10 nitrogen and oxygen atoms in total. The van der Waals surface area contributed by atoms with Crippen molar-refractivity contribution < 1.29 is 9.53 Å². The number of nitrogens with two attached hydrogens (primary N) is 1. The number of anilines is 1. The van der Waals surface area contributed by atoms with Crippen LogP contribution in [-0.2, 0) is 23.1 Å². The maximum absolute atomic E-state index is 14.2. The number of aromatic amines is 1. The first-order chi connectivity index (χ1) is 20.1. The number of hydrogen-bond donors (Lipinski definition) is 3. The lowest BCUT2D eigenvalue weighted by Crippen LogP contribution is -2.39. The van der Waals surface area contributed by atoms with Crippen molar-refractivity contribution in [2.75, 3.05) is 44.7 Å². The van der Waals surface area contributed by atoms with Crippen LogP contribution in [0.3, 0.4) is 0 Å². The number of hydrogen-bond acceptors (Lipinski definition) is 7. The highest BCUT2D eigenvalue weighted by Gasteiger charge is 2.21. The number of pyridine rings is 2. The summed E-state index contributed by atoms with van der Waals surface area (Å²) >= 11 is 0. The summed E-state index contributed by atoms with van der Waals surface area (Å²) in [6, 6.07) is 11.4. The summed E-state index contributed by atoms with van der Waals surface area (Å²) in [5, 5.41) is 11.0. The fourth-order valence-electron chi connectivity index (χ4n) is 5.23. The van der Waals surface area contributed by atoms with Crippen LogP contribution in [0.2, 0.25) is 0 Å². The van der Waals surface area contributed by atoms with Crippen molar-refractivity contribution in [3.05, 3.63) is 75.6 Å². The maximum Gasteiger partial charge on any atom is 0.273 e. The Morgan fingerprint density at radius 2 is 1.88 bits per heavy atom. The highest BCUT2D eigenvalue weighted by molar-refractivity contribution is 6.03. The number of benzene rings is 1. The molecule has 1 aromatic carbocycles. The Kier molecular flexibility index (Phi) is 8.86. The number of nitrogens with one attached hydrogen (secondary N) is 2. The molecule has 0 saturated carbocycles. The second kappa shape index (κ2) is 12.6. The van der Waals surface area contributed by atoms with Gasteiger partial charge in [-0.1, -0.05) is 26.8 Å². The van der Waals surface area contributed by atoms with E-state index in [2.05, 4.69) is 25.4 Å². The molecule has 222 valence electrons. The van der Waals surface area contributed by atoms with Gasteiger partial charge in [-0.3, -0.25) is 24.6 Å².